The number of fused-ring (bicyclic) bond motifs is 1. The van der Waals surface area contributed by atoms with Gasteiger partial charge in [-0.1, -0.05) is 18.6 Å². The highest BCUT2D eigenvalue weighted by Gasteiger charge is 2.47. The molecule has 1 unspecified atom stereocenters. The lowest BCUT2D eigenvalue weighted by Crippen LogP contribution is -2.31. The van der Waals surface area contributed by atoms with E-state index in [1.807, 2.05) is 13.8 Å². The average Bonchev–Trinajstić information content (AvgIpc) is 2.76. The molecule has 1 aliphatic heterocycles. The van der Waals surface area contributed by atoms with Gasteiger partial charge in [0.25, 0.3) is 0 Å². The average molecular weight is 366 g/mol. The molecule has 1 atom stereocenters. The molecule has 0 saturated carbocycles. The van der Waals surface area contributed by atoms with E-state index in [9.17, 15) is 4.57 Å². The lowest BCUT2D eigenvalue weighted by atomic mass is 9.77. The summed E-state index contributed by atoms with van der Waals surface area (Å²) in [5.41, 5.74) is 5.07. The van der Waals surface area contributed by atoms with Crippen LogP contribution in [0.5, 0.6) is 0 Å². The Balaban J connectivity index is 2.38. The Labute approximate surface area is 152 Å². The fourth-order valence-corrected chi connectivity index (χ4v) is 5.59. The molecule has 1 heterocycles. The lowest BCUT2D eigenvalue weighted by Gasteiger charge is -2.25. The van der Waals surface area contributed by atoms with Gasteiger partial charge in [-0.25, -0.2) is 0 Å². The first-order valence-electron chi connectivity index (χ1n) is 9.42. The lowest BCUT2D eigenvalue weighted by molar-refractivity contribution is -0.439. The molecular formula is C20H33NO3P+. The molecule has 0 amide bonds. The molecule has 1 aromatic carbocycles. The Hall–Kier alpha value is -0.960. The summed E-state index contributed by atoms with van der Waals surface area (Å²) in [7, 11) is -3.03. The van der Waals surface area contributed by atoms with E-state index in [0.717, 1.165) is 19.4 Å². The van der Waals surface area contributed by atoms with Crippen molar-refractivity contribution in [2.45, 2.75) is 59.8 Å². The van der Waals surface area contributed by atoms with Gasteiger partial charge in [-0.3, -0.25) is 4.57 Å². The minimum atomic E-state index is -3.03. The van der Waals surface area contributed by atoms with Crippen LogP contribution < -0.4 is 0 Å². The number of nitrogens with zero attached hydrogens (tertiary/aromatic N) is 1. The first-order chi connectivity index (χ1) is 11.8. The van der Waals surface area contributed by atoms with E-state index >= 15 is 0 Å². The zero-order chi connectivity index (χ0) is 18.7. The highest BCUT2D eigenvalue weighted by Crippen LogP contribution is 2.52. The number of hydrogen-bond acceptors (Lipinski definition) is 3. The van der Waals surface area contributed by atoms with Crippen molar-refractivity contribution in [2.24, 2.45) is 0 Å². The molecule has 0 fully saturated rings. The van der Waals surface area contributed by atoms with Gasteiger partial charge >= 0.3 is 7.60 Å². The van der Waals surface area contributed by atoms with E-state index in [-0.39, 0.29) is 5.41 Å². The Kier molecular flexibility index (Phi) is 6.64. The molecule has 0 saturated heterocycles. The summed E-state index contributed by atoms with van der Waals surface area (Å²) in [5, 5.41) is 0. The first kappa shape index (κ1) is 20.4. The standard InChI is InChI=1S/C20H33NO3P/c1-7-13-21-17(5)20(6,18-15-16(4)10-11-19(18)21)12-14-25(22,23-8-2)24-9-3/h10-11,15H,7-9,12-14H2,1-6H3/q+1. The molecule has 4 nitrogen and oxygen atoms in total. The maximum atomic E-state index is 12.9. The van der Waals surface area contributed by atoms with E-state index in [0.29, 0.717) is 19.4 Å². The Morgan fingerprint density at radius 3 is 2.32 bits per heavy atom. The molecule has 1 aliphatic rings. The highest BCUT2D eigenvalue weighted by atomic mass is 31.2. The van der Waals surface area contributed by atoms with Crippen LogP contribution in [0, 0.1) is 6.92 Å². The largest absolute Gasteiger partial charge is 0.330 e. The van der Waals surface area contributed by atoms with Crippen LogP contribution in [-0.2, 0) is 19.0 Å². The van der Waals surface area contributed by atoms with Crippen LogP contribution >= 0.6 is 7.60 Å². The zero-order valence-corrected chi connectivity index (χ0v) is 17.5. The number of rotatable bonds is 9. The molecule has 25 heavy (non-hydrogen) atoms. The van der Waals surface area contributed by atoms with Gasteiger partial charge in [0.05, 0.1) is 24.8 Å². The molecular weight excluding hydrogens is 333 g/mol. The van der Waals surface area contributed by atoms with Crippen LogP contribution in [0.2, 0.25) is 0 Å². The van der Waals surface area contributed by atoms with Crippen molar-refractivity contribution in [3.63, 3.8) is 0 Å². The third-order valence-corrected chi connectivity index (χ3v) is 7.30. The van der Waals surface area contributed by atoms with Gasteiger partial charge in [0.1, 0.15) is 6.54 Å². The van der Waals surface area contributed by atoms with Crippen LogP contribution in [0.3, 0.4) is 0 Å². The summed E-state index contributed by atoms with van der Waals surface area (Å²) in [6.07, 6.45) is 2.29. The normalized spacial score (nSPS) is 20.2. The van der Waals surface area contributed by atoms with Gasteiger partial charge in [0.15, 0.2) is 5.71 Å². The third kappa shape index (κ3) is 4.07. The predicted octanol–water partition coefficient (Wildman–Crippen LogP) is 5.44. The number of hydrogen-bond donors (Lipinski definition) is 0. The predicted molar refractivity (Wildman–Crippen MR) is 105 cm³/mol. The summed E-state index contributed by atoms with van der Waals surface area (Å²) in [6.45, 7) is 14.4. The second kappa shape index (κ2) is 8.16. The minimum Gasteiger partial charge on any atom is -0.309 e. The van der Waals surface area contributed by atoms with Crippen LogP contribution in [0.1, 0.15) is 58.6 Å². The topological polar surface area (TPSA) is 38.5 Å². The summed E-state index contributed by atoms with van der Waals surface area (Å²) >= 11 is 0. The molecule has 1 aromatic rings. The number of aryl methyl sites for hydroxylation is 1. The Bertz CT molecular complexity index is 688. The van der Waals surface area contributed by atoms with Crippen LogP contribution in [0.15, 0.2) is 18.2 Å². The van der Waals surface area contributed by atoms with Gasteiger partial charge < -0.3 is 9.05 Å². The second-order valence-electron chi connectivity index (χ2n) is 7.01. The second-order valence-corrected chi connectivity index (χ2v) is 9.20. The molecule has 0 bridgehead atoms. The quantitative estimate of drug-likeness (QED) is 0.432. The Morgan fingerprint density at radius 2 is 1.76 bits per heavy atom. The van der Waals surface area contributed by atoms with E-state index in [4.69, 9.17) is 9.05 Å². The summed E-state index contributed by atoms with van der Waals surface area (Å²) < 4.78 is 26.4. The van der Waals surface area contributed by atoms with E-state index in [1.54, 1.807) is 0 Å². The molecule has 2 rings (SSSR count). The van der Waals surface area contributed by atoms with Gasteiger partial charge in [0.2, 0.25) is 5.69 Å². The van der Waals surface area contributed by atoms with E-state index in [2.05, 4.69) is 50.5 Å². The molecule has 0 aliphatic carbocycles. The van der Waals surface area contributed by atoms with Gasteiger partial charge in [0, 0.05) is 25.0 Å². The smallest absolute Gasteiger partial charge is 0.309 e. The number of benzene rings is 1. The maximum Gasteiger partial charge on any atom is 0.330 e. The van der Waals surface area contributed by atoms with Crippen LogP contribution in [0.4, 0.5) is 5.69 Å². The molecule has 5 heteroatoms. The molecule has 140 valence electrons. The summed E-state index contributed by atoms with van der Waals surface area (Å²) in [6, 6.07) is 6.67. The molecule has 0 spiro atoms. The maximum absolute atomic E-state index is 12.9. The van der Waals surface area contributed by atoms with E-state index in [1.165, 1.54) is 22.5 Å². The molecule has 0 aromatic heterocycles. The van der Waals surface area contributed by atoms with Crippen LogP contribution in [-0.4, -0.2) is 36.2 Å². The van der Waals surface area contributed by atoms with Gasteiger partial charge in [-0.15, -0.1) is 0 Å². The van der Waals surface area contributed by atoms with Crippen molar-refractivity contribution < 1.29 is 18.2 Å². The van der Waals surface area contributed by atoms with Crippen molar-refractivity contribution in [3.05, 3.63) is 29.3 Å². The molecule has 0 radical (unpaired) electrons. The SMILES string of the molecule is CCC[N+]1=C(C)C(C)(CCP(=O)(OCC)OCC)c2cc(C)ccc21. The third-order valence-electron chi connectivity index (χ3n) is 5.23. The van der Waals surface area contributed by atoms with Gasteiger partial charge in [-0.05, 0) is 40.2 Å². The first-order valence-corrected chi connectivity index (χ1v) is 11.1. The van der Waals surface area contributed by atoms with Crippen LogP contribution in [0.25, 0.3) is 0 Å². The summed E-state index contributed by atoms with van der Waals surface area (Å²) in [5.74, 6) is 0. The monoisotopic (exact) mass is 366 g/mol. The summed E-state index contributed by atoms with van der Waals surface area (Å²) in [4.78, 5) is 0. The molecule has 0 N–H and O–H groups in total. The fourth-order valence-electron chi connectivity index (χ4n) is 3.75. The van der Waals surface area contributed by atoms with Crippen molar-refractivity contribution in [2.75, 3.05) is 25.9 Å². The van der Waals surface area contributed by atoms with Gasteiger partial charge in [-0.2, -0.15) is 4.58 Å². The minimum absolute atomic E-state index is 0.139. The zero-order valence-electron chi connectivity index (χ0n) is 16.6. The van der Waals surface area contributed by atoms with Crippen molar-refractivity contribution in [3.8, 4) is 0 Å². The van der Waals surface area contributed by atoms with Crippen molar-refractivity contribution in [1.82, 2.24) is 0 Å². The van der Waals surface area contributed by atoms with E-state index < -0.39 is 7.60 Å². The van der Waals surface area contributed by atoms with Crippen molar-refractivity contribution in [1.29, 1.82) is 0 Å². The Morgan fingerprint density at radius 1 is 1.12 bits per heavy atom. The van der Waals surface area contributed by atoms with Crippen molar-refractivity contribution >= 4 is 19.0 Å². The highest BCUT2D eigenvalue weighted by molar-refractivity contribution is 7.53. The fraction of sp³-hybridized carbons (Fsp3) is 0.650.